The number of rotatable bonds is 5. The Kier molecular flexibility index (Phi) is 6.59. The van der Waals surface area contributed by atoms with Gasteiger partial charge < -0.3 is 4.42 Å². The van der Waals surface area contributed by atoms with Crippen molar-refractivity contribution in [2.24, 2.45) is 14.1 Å². The van der Waals surface area contributed by atoms with Gasteiger partial charge in [0.15, 0.2) is 17.5 Å². The fourth-order valence-corrected chi connectivity index (χ4v) is 6.71. The smallest absolute Gasteiger partial charge is 0.328 e. The third-order valence-electron chi connectivity index (χ3n) is 9.28. The van der Waals surface area contributed by atoms with Crippen molar-refractivity contribution in [3.8, 4) is 56.4 Å². The number of imidazole rings is 1. The number of aromatic nitrogens is 5. The molecule has 9 aromatic rings. The molecule has 6 aromatic carbocycles. The zero-order valence-electron chi connectivity index (χ0n) is 26.8. The maximum absolute atomic E-state index is 12.5. The van der Waals surface area contributed by atoms with Gasteiger partial charge in [0.2, 0.25) is 0 Å². The maximum atomic E-state index is 12.5. The molecule has 0 saturated carbocycles. The predicted octanol–water partition coefficient (Wildman–Crippen LogP) is 9.30. The second kappa shape index (κ2) is 11.3. The summed E-state index contributed by atoms with van der Waals surface area (Å²) in [4.78, 5) is 27.6. The van der Waals surface area contributed by atoms with E-state index < -0.39 is 0 Å². The first-order valence-electron chi connectivity index (χ1n) is 16.1. The van der Waals surface area contributed by atoms with E-state index in [0.717, 1.165) is 71.9 Å². The average Bonchev–Trinajstić information content (AvgIpc) is 3.65. The Morgan fingerprint density at radius 3 is 1.84 bits per heavy atom. The van der Waals surface area contributed by atoms with Crippen molar-refractivity contribution >= 4 is 33.0 Å². The topological polar surface area (TPSA) is 78.7 Å². The van der Waals surface area contributed by atoms with E-state index in [1.54, 1.807) is 23.2 Å². The fraction of sp³-hybridized carbons (Fsp3) is 0.0476. The summed E-state index contributed by atoms with van der Waals surface area (Å²) < 4.78 is 9.77. The molecule has 0 aliphatic carbocycles. The second-order valence-corrected chi connectivity index (χ2v) is 12.2. The zero-order valence-corrected chi connectivity index (χ0v) is 26.8. The van der Waals surface area contributed by atoms with Gasteiger partial charge in [0.25, 0.3) is 0 Å². The first kappa shape index (κ1) is 28.6. The molecule has 9 rings (SSSR count). The summed E-state index contributed by atoms with van der Waals surface area (Å²) in [7, 11) is 3.60. The molecule has 7 nitrogen and oxygen atoms in total. The molecule has 0 radical (unpaired) electrons. The van der Waals surface area contributed by atoms with Crippen molar-refractivity contribution in [1.29, 1.82) is 0 Å². The summed E-state index contributed by atoms with van der Waals surface area (Å²) in [6.07, 6.45) is 0. The van der Waals surface area contributed by atoms with Crippen LogP contribution >= 0.6 is 0 Å². The Bertz CT molecular complexity index is 2760. The van der Waals surface area contributed by atoms with Crippen molar-refractivity contribution in [3.05, 3.63) is 150 Å². The standard InChI is InChI=1S/C42H29N5O2/c1-46-35-24-23-29(25-36(35)47(2)42(46)48)26-19-21-28(22-20-26)40-43-39(27-11-4-3-5-12-27)44-41(45-40)34-15-7-6-13-30(34)32-16-10-17-33-31-14-8-9-18-37(31)49-38(32)33/h3-25H,1-2H3. The molecule has 0 atom stereocenters. The quantitative estimate of drug-likeness (QED) is 0.188. The van der Waals surface area contributed by atoms with Crippen LogP contribution in [0.3, 0.4) is 0 Å². The minimum absolute atomic E-state index is 0.0433. The first-order chi connectivity index (χ1) is 24.0. The Balaban J connectivity index is 1.18. The summed E-state index contributed by atoms with van der Waals surface area (Å²) in [5.74, 6) is 1.75. The number of hydrogen-bond donors (Lipinski definition) is 0. The number of hydrogen-bond acceptors (Lipinski definition) is 5. The molecule has 0 N–H and O–H groups in total. The highest BCUT2D eigenvalue weighted by atomic mass is 16.3. The Morgan fingerprint density at radius 2 is 1.04 bits per heavy atom. The highest BCUT2D eigenvalue weighted by Crippen LogP contribution is 2.39. The van der Waals surface area contributed by atoms with Crippen LogP contribution in [-0.2, 0) is 14.1 Å². The molecule has 0 unspecified atom stereocenters. The number of nitrogens with zero attached hydrogens (tertiary/aromatic N) is 5. The summed E-state index contributed by atoms with van der Waals surface area (Å²) in [6.45, 7) is 0. The van der Waals surface area contributed by atoms with Gasteiger partial charge in [-0.15, -0.1) is 0 Å². The molecule has 0 bridgehead atoms. The lowest BCUT2D eigenvalue weighted by Gasteiger charge is -2.12. The minimum atomic E-state index is -0.0433. The zero-order chi connectivity index (χ0) is 33.1. The summed E-state index contributed by atoms with van der Waals surface area (Å²) in [5, 5.41) is 2.15. The molecule has 0 fully saturated rings. The van der Waals surface area contributed by atoms with Crippen molar-refractivity contribution in [2.45, 2.75) is 0 Å². The molecule has 234 valence electrons. The van der Waals surface area contributed by atoms with E-state index in [4.69, 9.17) is 19.4 Å². The van der Waals surface area contributed by atoms with E-state index in [-0.39, 0.29) is 5.69 Å². The Labute approximate surface area is 281 Å². The van der Waals surface area contributed by atoms with E-state index in [2.05, 4.69) is 54.6 Å². The molecular formula is C42H29N5O2. The van der Waals surface area contributed by atoms with Crippen molar-refractivity contribution in [3.63, 3.8) is 0 Å². The molecule has 0 spiro atoms. The van der Waals surface area contributed by atoms with Crippen LogP contribution in [0.2, 0.25) is 0 Å². The monoisotopic (exact) mass is 635 g/mol. The molecule has 0 aliphatic rings. The van der Waals surface area contributed by atoms with Gasteiger partial charge in [-0.05, 0) is 34.9 Å². The van der Waals surface area contributed by atoms with Crippen LogP contribution in [0.15, 0.2) is 149 Å². The van der Waals surface area contributed by atoms with Gasteiger partial charge in [0, 0.05) is 47.1 Å². The molecule has 0 saturated heterocycles. The number of fused-ring (bicyclic) bond motifs is 4. The van der Waals surface area contributed by atoms with E-state index in [1.807, 2.05) is 84.9 Å². The number of furan rings is 1. The van der Waals surface area contributed by atoms with Crippen molar-refractivity contribution < 1.29 is 4.42 Å². The lowest BCUT2D eigenvalue weighted by molar-refractivity contribution is 0.670. The number of aryl methyl sites for hydroxylation is 2. The van der Waals surface area contributed by atoms with E-state index >= 15 is 0 Å². The van der Waals surface area contributed by atoms with Crippen LogP contribution in [0.4, 0.5) is 0 Å². The van der Waals surface area contributed by atoms with Gasteiger partial charge >= 0.3 is 5.69 Å². The van der Waals surface area contributed by atoms with Gasteiger partial charge in [-0.1, -0.05) is 121 Å². The van der Waals surface area contributed by atoms with Crippen LogP contribution in [0, 0.1) is 0 Å². The lowest BCUT2D eigenvalue weighted by Crippen LogP contribution is -2.19. The van der Waals surface area contributed by atoms with Crippen LogP contribution < -0.4 is 5.69 Å². The highest BCUT2D eigenvalue weighted by molar-refractivity contribution is 6.10. The largest absolute Gasteiger partial charge is 0.455 e. The molecule has 7 heteroatoms. The number of para-hydroxylation sites is 2. The molecule has 0 amide bonds. The molecule has 49 heavy (non-hydrogen) atoms. The molecule has 3 heterocycles. The van der Waals surface area contributed by atoms with Gasteiger partial charge in [0.1, 0.15) is 11.2 Å². The van der Waals surface area contributed by atoms with E-state index in [9.17, 15) is 4.79 Å². The van der Waals surface area contributed by atoms with E-state index in [0.29, 0.717) is 17.5 Å². The van der Waals surface area contributed by atoms with Gasteiger partial charge in [-0.3, -0.25) is 9.13 Å². The van der Waals surface area contributed by atoms with Crippen LogP contribution in [0.1, 0.15) is 0 Å². The maximum Gasteiger partial charge on any atom is 0.328 e. The second-order valence-electron chi connectivity index (χ2n) is 12.2. The Morgan fingerprint density at radius 1 is 0.469 bits per heavy atom. The van der Waals surface area contributed by atoms with Gasteiger partial charge in [-0.25, -0.2) is 19.7 Å². The van der Waals surface area contributed by atoms with Crippen LogP contribution in [-0.4, -0.2) is 24.1 Å². The van der Waals surface area contributed by atoms with Crippen LogP contribution in [0.25, 0.3) is 89.4 Å². The minimum Gasteiger partial charge on any atom is -0.455 e. The third-order valence-corrected chi connectivity index (χ3v) is 9.28. The summed E-state index contributed by atoms with van der Waals surface area (Å²) in [5.41, 5.74) is 10.1. The highest BCUT2D eigenvalue weighted by Gasteiger charge is 2.19. The first-order valence-corrected chi connectivity index (χ1v) is 16.1. The van der Waals surface area contributed by atoms with Crippen molar-refractivity contribution in [2.75, 3.05) is 0 Å². The summed E-state index contributed by atoms with van der Waals surface area (Å²) in [6, 6.07) is 46.9. The lowest BCUT2D eigenvalue weighted by atomic mass is 9.97. The Hall–Kier alpha value is -6.60. The SMILES string of the molecule is Cn1c(=O)n(C)c2cc(-c3ccc(-c4nc(-c5ccccc5)nc(-c5ccccc5-c5cccc6c5oc5ccccc56)n4)cc3)ccc21. The summed E-state index contributed by atoms with van der Waals surface area (Å²) >= 11 is 0. The van der Waals surface area contributed by atoms with Crippen LogP contribution in [0.5, 0.6) is 0 Å². The van der Waals surface area contributed by atoms with E-state index in [1.165, 1.54) is 0 Å². The fourth-order valence-electron chi connectivity index (χ4n) is 6.71. The molecular weight excluding hydrogens is 606 g/mol. The predicted molar refractivity (Wildman–Crippen MR) is 196 cm³/mol. The number of benzene rings is 6. The molecule has 0 aliphatic heterocycles. The molecule has 3 aromatic heterocycles. The third kappa shape index (κ3) is 4.74. The van der Waals surface area contributed by atoms with Crippen molar-refractivity contribution in [1.82, 2.24) is 24.1 Å². The van der Waals surface area contributed by atoms with Gasteiger partial charge in [0.05, 0.1) is 11.0 Å². The average molecular weight is 636 g/mol. The normalized spacial score (nSPS) is 11.6. The van der Waals surface area contributed by atoms with Gasteiger partial charge in [-0.2, -0.15) is 0 Å².